The van der Waals surface area contributed by atoms with Crippen molar-refractivity contribution in [1.29, 1.82) is 0 Å². The average molecular weight is 284 g/mol. The van der Waals surface area contributed by atoms with E-state index < -0.39 is 5.97 Å². The van der Waals surface area contributed by atoms with Gasteiger partial charge >= 0.3 is 5.97 Å². The molecule has 104 valence electrons. The molecule has 0 spiro atoms. The highest BCUT2D eigenvalue weighted by atomic mass is 35.5. The number of nitrogens with zero attached hydrogens (tertiary/aromatic N) is 1. The third-order valence-electron chi connectivity index (χ3n) is 3.03. The van der Waals surface area contributed by atoms with E-state index in [2.05, 4.69) is 0 Å². The van der Waals surface area contributed by atoms with Crippen molar-refractivity contribution in [3.8, 4) is 0 Å². The zero-order valence-electron chi connectivity index (χ0n) is 11.3. The Bertz CT molecular complexity index is 488. The van der Waals surface area contributed by atoms with Crippen molar-refractivity contribution in [3.63, 3.8) is 0 Å². The maximum Gasteiger partial charge on any atom is 0.305 e. The van der Waals surface area contributed by atoms with E-state index in [1.165, 1.54) is 0 Å². The van der Waals surface area contributed by atoms with Gasteiger partial charge in [-0.25, -0.2) is 0 Å². The van der Waals surface area contributed by atoms with Crippen LogP contribution in [0.4, 0.5) is 0 Å². The first kappa shape index (κ1) is 15.5. The molecular formula is C14H18ClNO3. The number of hydrogen-bond acceptors (Lipinski definition) is 2. The first-order valence-corrected chi connectivity index (χ1v) is 6.53. The number of carboxylic acid groups (broad SMARTS) is 1. The van der Waals surface area contributed by atoms with Gasteiger partial charge in [0.05, 0.1) is 6.42 Å². The van der Waals surface area contributed by atoms with Crippen LogP contribution in [0, 0.1) is 6.92 Å². The number of carboxylic acids is 1. The molecule has 1 N–H and O–H groups in total. The largest absolute Gasteiger partial charge is 0.481 e. The van der Waals surface area contributed by atoms with E-state index in [-0.39, 0.29) is 18.4 Å². The van der Waals surface area contributed by atoms with Gasteiger partial charge in [-0.15, -0.1) is 0 Å². The lowest BCUT2D eigenvalue weighted by Gasteiger charge is -2.27. The fraction of sp³-hybridized carbons (Fsp3) is 0.429. The third kappa shape index (κ3) is 3.96. The van der Waals surface area contributed by atoms with Crippen LogP contribution < -0.4 is 0 Å². The molecule has 0 saturated heterocycles. The molecule has 0 aliphatic carbocycles. The van der Waals surface area contributed by atoms with Gasteiger partial charge in [0, 0.05) is 23.2 Å². The second-order valence-corrected chi connectivity index (χ2v) is 4.93. The van der Waals surface area contributed by atoms with Gasteiger partial charge in [-0.3, -0.25) is 9.59 Å². The van der Waals surface area contributed by atoms with E-state index in [4.69, 9.17) is 16.7 Å². The van der Waals surface area contributed by atoms with E-state index in [0.717, 1.165) is 5.56 Å². The van der Waals surface area contributed by atoms with Gasteiger partial charge in [-0.05, 0) is 38.5 Å². The van der Waals surface area contributed by atoms with Crippen molar-refractivity contribution >= 4 is 23.5 Å². The quantitative estimate of drug-likeness (QED) is 0.904. The number of carbonyl (C=O) groups excluding carboxylic acids is 1. The Kier molecular flexibility index (Phi) is 5.36. The van der Waals surface area contributed by atoms with E-state index in [1.807, 2.05) is 13.8 Å². The van der Waals surface area contributed by atoms with Crippen LogP contribution in [0.25, 0.3) is 0 Å². The summed E-state index contributed by atoms with van der Waals surface area (Å²) in [6.07, 6.45) is -0.0702. The summed E-state index contributed by atoms with van der Waals surface area (Å²) in [5, 5.41) is 9.32. The van der Waals surface area contributed by atoms with Crippen LogP contribution in [0.1, 0.15) is 36.2 Å². The Morgan fingerprint density at radius 1 is 1.42 bits per heavy atom. The number of carbonyl (C=O) groups is 2. The lowest BCUT2D eigenvalue weighted by molar-refractivity contribution is -0.138. The maximum atomic E-state index is 12.4. The average Bonchev–Trinajstić information content (AvgIpc) is 2.32. The summed E-state index contributed by atoms with van der Waals surface area (Å²) in [6.45, 7) is 5.85. The Morgan fingerprint density at radius 2 is 2.05 bits per heavy atom. The summed E-state index contributed by atoms with van der Waals surface area (Å²) in [7, 11) is 0. The standard InChI is InChI=1S/C14H18ClNO3/c1-4-16(10(3)7-13(17)18)14(19)12-8-11(15)6-5-9(12)2/h5-6,8,10H,4,7H2,1-3H3,(H,17,18). The highest BCUT2D eigenvalue weighted by Gasteiger charge is 2.23. The first-order chi connectivity index (χ1) is 8.86. The molecule has 0 aliphatic heterocycles. The smallest absolute Gasteiger partial charge is 0.305 e. The molecule has 0 saturated carbocycles. The molecular weight excluding hydrogens is 266 g/mol. The fourth-order valence-electron chi connectivity index (χ4n) is 2.00. The number of hydrogen-bond donors (Lipinski definition) is 1. The van der Waals surface area contributed by atoms with Crippen molar-refractivity contribution in [2.45, 2.75) is 33.2 Å². The topological polar surface area (TPSA) is 57.6 Å². The third-order valence-corrected chi connectivity index (χ3v) is 3.27. The Labute approximate surface area is 118 Å². The molecule has 1 aromatic rings. The Morgan fingerprint density at radius 3 is 2.58 bits per heavy atom. The minimum atomic E-state index is -0.915. The van der Waals surface area contributed by atoms with Crippen LogP contribution in [0.15, 0.2) is 18.2 Å². The molecule has 1 atom stereocenters. The lowest BCUT2D eigenvalue weighted by Crippen LogP contribution is -2.40. The molecule has 1 amide bonds. The fourth-order valence-corrected chi connectivity index (χ4v) is 2.17. The van der Waals surface area contributed by atoms with Crippen LogP contribution >= 0.6 is 11.6 Å². The molecule has 0 heterocycles. The van der Waals surface area contributed by atoms with Crippen LogP contribution in [0.2, 0.25) is 5.02 Å². The summed E-state index contributed by atoms with van der Waals surface area (Å²) in [6, 6.07) is 4.78. The van der Waals surface area contributed by atoms with Crippen molar-refractivity contribution in [3.05, 3.63) is 34.3 Å². The second-order valence-electron chi connectivity index (χ2n) is 4.50. The number of aryl methyl sites for hydroxylation is 1. The van der Waals surface area contributed by atoms with E-state index >= 15 is 0 Å². The maximum absolute atomic E-state index is 12.4. The van der Waals surface area contributed by atoms with E-state index in [0.29, 0.717) is 17.1 Å². The van der Waals surface area contributed by atoms with Gasteiger partial charge in [0.25, 0.3) is 5.91 Å². The van der Waals surface area contributed by atoms with Gasteiger partial charge in [-0.1, -0.05) is 17.7 Å². The summed E-state index contributed by atoms with van der Waals surface area (Å²) >= 11 is 5.91. The van der Waals surface area contributed by atoms with Crippen molar-refractivity contribution in [2.75, 3.05) is 6.54 Å². The predicted octanol–water partition coefficient (Wildman–Crippen LogP) is 2.97. The van der Waals surface area contributed by atoms with Crippen molar-refractivity contribution in [2.24, 2.45) is 0 Å². The first-order valence-electron chi connectivity index (χ1n) is 6.15. The van der Waals surface area contributed by atoms with Crippen molar-refractivity contribution < 1.29 is 14.7 Å². The molecule has 1 aromatic carbocycles. The SMILES string of the molecule is CCN(C(=O)c1cc(Cl)ccc1C)C(C)CC(=O)O. The van der Waals surface area contributed by atoms with Crippen LogP contribution in [0.5, 0.6) is 0 Å². The summed E-state index contributed by atoms with van der Waals surface area (Å²) in [4.78, 5) is 24.7. The van der Waals surface area contributed by atoms with Gasteiger partial charge in [0.2, 0.25) is 0 Å². The molecule has 1 rings (SSSR count). The van der Waals surface area contributed by atoms with Crippen LogP contribution in [0.3, 0.4) is 0 Å². The molecule has 5 heteroatoms. The number of benzene rings is 1. The number of halogens is 1. The highest BCUT2D eigenvalue weighted by molar-refractivity contribution is 6.31. The van der Waals surface area contributed by atoms with Crippen molar-refractivity contribution in [1.82, 2.24) is 4.90 Å². The minimum absolute atomic E-state index is 0.0702. The summed E-state index contributed by atoms with van der Waals surface area (Å²) in [5.74, 6) is -1.10. The van der Waals surface area contributed by atoms with Gasteiger partial charge in [0.1, 0.15) is 0 Å². The number of rotatable bonds is 5. The molecule has 0 aliphatic rings. The lowest BCUT2D eigenvalue weighted by atomic mass is 10.1. The molecule has 0 bridgehead atoms. The molecule has 4 nitrogen and oxygen atoms in total. The number of amides is 1. The van der Waals surface area contributed by atoms with Crippen LogP contribution in [-0.2, 0) is 4.79 Å². The zero-order chi connectivity index (χ0) is 14.6. The monoisotopic (exact) mass is 283 g/mol. The highest BCUT2D eigenvalue weighted by Crippen LogP contribution is 2.19. The Balaban J connectivity index is 3.01. The van der Waals surface area contributed by atoms with Gasteiger partial charge in [0.15, 0.2) is 0 Å². The zero-order valence-corrected chi connectivity index (χ0v) is 12.1. The Hall–Kier alpha value is -1.55. The molecule has 0 aromatic heterocycles. The summed E-state index contributed by atoms with van der Waals surface area (Å²) in [5.41, 5.74) is 1.35. The summed E-state index contributed by atoms with van der Waals surface area (Å²) < 4.78 is 0. The van der Waals surface area contributed by atoms with Gasteiger partial charge in [-0.2, -0.15) is 0 Å². The predicted molar refractivity (Wildman–Crippen MR) is 74.6 cm³/mol. The molecule has 0 fully saturated rings. The number of aliphatic carboxylic acids is 1. The normalized spacial score (nSPS) is 12.0. The molecule has 1 unspecified atom stereocenters. The molecule has 19 heavy (non-hydrogen) atoms. The minimum Gasteiger partial charge on any atom is -0.481 e. The van der Waals surface area contributed by atoms with Crippen LogP contribution in [-0.4, -0.2) is 34.5 Å². The van der Waals surface area contributed by atoms with E-state index in [9.17, 15) is 9.59 Å². The van der Waals surface area contributed by atoms with Gasteiger partial charge < -0.3 is 10.0 Å². The second kappa shape index (κ2) is 6.57. The van der Waals surface area contributed by atoms with E-state index in [1.54, 1.807) is 30.0 Å². The molecule has 0 radical (unpaired) electrons.